The number of halogens is 2. The fourth-order valence-electron chi connectivity index (χ4n) is 1.44. The Hall–Kier alpha value is 0.930. The smallest absolute Gasteiger partial charge is 0.312 e. The number of cyclic esters (lactones) is 1. The highest BCUT2D eigenvalue weighted by atomic mass is 128. The van der Waals surface area contributed by atoms with E-state index in [0.29, 0.717) is 0 Å². The molecule has 0 bridgehead atoms. The molecule has 1 heterocycles. The van der Waals surface area contributed by atoms with E-state index < -0.39 is 0 Å². The van der Waals surface area contributed by atoms with Crippen molar-refractivity contribution in [2.24, 2.45) is 5.92 Å². The van der Waals surface area contributed by atoms with Gasteiger partial charge in [-0.1, -0.05) is 26.2 Å². The maximum atomic E-state index is 10.8. The van der Waals surface area contributed by atoms with Gasteiger partial charge >= 0.3 is 5.97 Å². The molecule has 1 saturated heterocycles. The maximum absolute atomic E-state index is 10.8. The van der Waals surface area contributed by atoms with Gasteiger partial charge in [-0.15, -0.1) is 0 Å². The first-order chi connectivity index (χ1) is 6.25. The van der Waals surface area contributed by atoms with Crippen LogP contribution in [0.15, 0.2) is 0 Å². The third-order valence-corrected chi connectivity index (χ3v) is 2.29. The minimum absolute atomic E-state index is 0.00797. The largest absolute Gasteiger partial charge is 0.461 e. The fourth-order valence-corrected chi connectivity index (χ4v) is 1.44. The van der Waals surface area contributed by atoms with Crippen molar-refractivity contribution in [3.63, 3.8) is 0 Å². The van der Waals surface area contributed by atoms with E-state index in [2.05, 4.69) is 44.2 Å². The Balaban J connectivity index is 0.000000671. The lowest BCUT2D eigenvalue weighted by atomic mass is 9.92. The Morgan fingerprint density at radius 1 is 1.38 bits per heavy atom. The summed E-state index contributed by atoms with van der Waals surface area (Å²) in [5.74, 6) is 0.218. The average Bonchev–Trinajstić information content (AvgIpc) is 2.16. The Kier molecular flexibility index (Phi) is 8.85. The van der Waals surface area contributed by atoms with Crippen LogP contribution >= 0.6 is 37.2 Å². The second-order valence-corrected chi connectivity index (χ2v) is 3.24. The summed E-state index contributed by atoms with van der Waals surface area (Å²) < 4.78 is 4.84. The summed E-state index contributed by atoms with van der Waals surface area (Å²) in [6, 6.07) is 0. The second-order valence-electron chi connectivity index (χ2n) is 3.24. The van der Waals surface area contributed by atoms with Crippen molar-refractivity contribution in [2.75, 3.05) is 0 Å². The molecule has 0 aromatic rings. The minimum atomic E-state index is 0.00797. The Morgan fingerprint density at radius 3 is 2.38 bits per heavy atom. The van der Waals surface area contributed by atoms with E-state index in [4.69, 9.17) is 4.74 Å². The van der Waals surface area contributed by atoms with Crippen LogP contribution in [0.3, 0.4) is 0 Å². The monoisotopic (exact) mass is 410 g/mol. The summed E-state index contributed by atoms with van der Waals surface area (Å²) in [7, 11) is 0. The van der Waals surface area contributed by atoms with Crippen molar-refractivity contribution in [1.82, 2.24) is 0 Å². The Morgan fingerprint density at radius 2 is 2.00 bits per heavy atom. The number of esters is 1. The van der Waals surface area contributed by atoms with Crippen LogP contribution in [0, 0.1) is 5.92 Å². The number of carbonyl (C=O) groups excluding carboxylic acids is 1. The molecule has 2 nitrogen and oxygen atoms in total. The quantitative estimate of drug-likeness (QED) is 0.400. The normalized spacial score (nSPS) is 25.4. The fraction of sp³-hybridized carbons (Fsp3) is 0.889. The molecule has 0 radical (unpaired) electrons. The van der Waals surface area contributed by atoms with Gasteiger partial charge in [0.15, 0.2) is 0 Å². The third kappa shape index (κ3) is 4.80. The molecule has 0 aromatic heterocycles. The SMILES string of the molecule is CCCCC[C@@H]1C(=O)O[C@@H]1C.II. The first-order valence-electron chi connectivity index (χ1n) is 4.60. The number of ether oxygens (including phenoxy) is 1. The van der Waals surface area contributed by atoms with Gasteiger partial charge in [-0.3, -0.25) is 4.79 Å². The number of hydrogen-bond acceptors (Lipinski definition) is 2. The molecule has 1 fully saturated rings. The molecule has 0 amide bonds. The van der Waals surface area contributed by atoms with Crippen LogP contribution in [0.4, 0.5) is 0 Å². The molecule has 0 aromatic carbocycles. The zero-order valence-corrected chi connectivity index (χ0v) is 12.4. The van der Waals surface area contributed by atoms with E-state index in [9.17, 15) is 4.79 Å². The molecule has 1 rings (SSSR count). The van der Waals surface area contributed by atoms with Crippen molar-refractivity contribution in [1.29, 1.82) is 0 Å². The zero-order valence-electron chi connectivity index (χ0n) is 8.06. The van der Waals surface area contributed by atoms with E-state index in [1.54, 1.807) is 0 Å². The Labute approximate surface area is 103 Å². The summed E-state index contributed by atoms with van der Waals surface area (Å²) in [5.41, 5.74) is 0. The number of rotatable bonds is 4. The van der Waals surface area contributed by atoms with Crippen LogP contribution in [0.2, 0.25) is 0 Å². The summed E-state index contributed by atoms with van der Waals surface area (Å²) >= 11 is 4.24. The predicted molar refractivity (Wildman–Crippen MR) is 71.2 cm³/mol. The molecular formula is C9H16I2O2. The average molecular weight is 410 g/mol. The molecule has 13 heavy (non-hydrogen) atoms. The van der Waals surface area contributed by atoms with Crippen LogP contribution in [-0.4, -0.2) is 12.1 Å². The number of unbranched alkanes of at least 4 members (excludes halogenated alkanes) is 2. The molecule has 1 aliphatic rings. The van der Waals surface area contributed by atoms with Crippen molar-refractivity contribution < 1.29 is 9.53 Å². The standard InChI is InChI=1S/C9H16O2.I2/c1-3-4-5-6-8-7(2)11-9(8)10;1-2/h7-8H,3-6H2,1-2H3;/t7-,8+;/m1./s1. The van der Waals surface area contributed by atoms with E-state index >= 15 is 0 Å². The van der Waals surface area contributed by atoms with E-state index in [1.807, 2.05) is 6.92 Å². The van der Waals surface area contributed by atoms with Gasteiger partial charge in [0.25, 0.3) is 0 Å². The van der Waals surface area contributed by atoms with Gasteiger partial charge in [0.1, 0.15) is 6.10 Å². The van der Waals surface area contributed by atoms with Gasteiger partial charge < -0.3 is 4.74 Å². The summed E-state index contributed by atoms with van der Waals surface area (Å²) in [6.45, 7) is 4.14. The van der Waals surface area contributed by atoms with Crippen molar-refractivity contribution in [2.45, 2.75) is 45.6 Å². The van der Waals surface area contributed by atoms with Gasteiger partial charge in [-0.25, -0.2) is 0 Å². The highest BCUT2D eigenvalue weighted by Gasteiger charge is 2.37. The van der Waals surface area contributed by atoms with E-state index in [0.717, 1.165) is 6.42 Å². The van der Waals surface area contributed by atoms with Crippen LogP contribution in [0.5, 0.6) is 0 Å². The van der Waals surface area contributed by atoms with Gasteiger partial charge in [0, 0.05) is 37.2 Å². The van der Waals surface area contributed by atoms with Gasteiger partial charge in [-0.05, 0) is 13.3 Å². The lowest BCUT2D eigenvalue weighted by molar-refractivity contribution is -0.182. The van der Waals surface area contributed by atoms with Crippen LogP contribution in [0.1, 0.15) is 39.5 Å². The summed E-state index contributed by atoms with van der Waals surface area (Å²) in [6.07, 6.45) is 4.82. The highest BCUT2D eigenvalue weighted by Crippen LogP contribution is 2.26. The first-order valence-corrected chi connectivity index (χ1v) is 10.9. The van der Waals surface area contributed by atoms with Gasteiger partial charge in [-0.2, -0.15) is 0 Å². The van der Waals surface area contributed by atoms with Crippen LogP contribution < -0.4 is 0 Å². The van der Waals surface area contributed by atoms with Crippen LogP contribution in [0.25, 0.3) is 0 Å². The third-order valence-electron chi connectivity index (χ3n) is 2.29. The van der Waals surface area contributed by atoms with Crippen molar-refractivity contribution >= 4 is 43.2 Å². The molecule has 4 heteroatoms. The van der Waals surface area contributed by atoms with E-state index in [-0.39, 0.29) is 18.0 Å². The molecule has 0 N–H and O–H groups in total. The Bertz CT molecular complexity index is 151. The molecule has 0 saturated carbocycles. The number of carbonyl (C=O) groups is 1. The molecule has 1 aliphatic heterocycles. The van der Waals surface area contributed by atoms with Gasteiger partial charge in [0.05, 0.1) is 5.92 Å². The lowest BCUT2D eigenvalue weighted by Gasteiger charge is -2.32. The first kappa shape index (κ1) is 13.9. The molecule has 0 spiro atoms. The molecular weight excluding hydrogens is 394 g/mol. The molecule has 2 atom stereocenters. The van der Waals surface area contributed by atoms with Gasteiger partial charge in [0.2, 0.25) is 0 Å². The van der Waals surface area contributed by atoms with Crippen LogP contribution in [-0.2, 0) is 9.53 Å². The van der Waals surface area contributed by atoms with E-state index in [1.165, 1.54) is 19.3 Å². The maximum Gasteiger partial charge on any atom is 0.312 e. The summed E-state index contributed by atoms with van der Waals surface area (Å²) in [5, 5.41) is 0. The lowest BCUT2D eigenvalue weighted by Crippen LogP contribution is -2.42. The zero-order chi connectivity index (χ0) is 10.3. The molecule has 78 valence electrons. The van der Waals surface area contributed by atoms with Crippen molar-refractivity contribution in [3.8, 4) is 0 Å². The topological polar surface area (TPSA) is 26.3 Å². The minimum Gasteiger partial charge on any atom is -0.461 e. The number of hydrogen-bond donors (Lipinski definition) is 0. The predicted octanol–water partition coefficient (Wildman–Crippen LogP) is 3.90. The second kappa shape index (κ2) is 8.26. The van der Waals surface area contributed by atoms with Crippen molar-refractivity contribution in [3.05, 3.63) is 0 Å². The highest BCUT2D eigenvalue weighted by molar-refractivity contribution is 15.0. The summed E-state index contributed by atoms with van der Waals surface area (Å²) in [4.78, 5) is 10.8. The molecule has 0 aliphatic carbocycles. The molecule has 0 unspecified atom stereocenters.